The number of benzene rings is 2. The molecule has 2 atom stereocenters. The monoisotopic (exact) mass is 360 g/mol. The third kappa shape index (κ3) is 2.66. The van der Waals surface area contributed by atoms with Crippen LogP contribution in [-0.2, 0) is 0 Å². The molecule has 4 rings (SSSR count). The maximum Gasteiger partial charge on any atom is 0.190 e. The predicted octanol–water partition coefficient (Wildman–Crippen LogP) is 5.52. The summed E-state index contributed by atoms with van der Waals surface area (Å²) in [6, 6.07) is 13.8. The van der Waals surface area contributed by atoms with E-state index in [1.165, 1.54) is 0 Å². The topological polar surface area (TPSA) is 24.8 Å². The van der Waals surface area contributed by atoms with Gasteiger partial charge in [-0.25, -0.2) is 5.01 Å². The Morgan fingerprint density at radius 3 is 2.50 bits per heavy atom. The number of rotatable bonds is 2. The van der Waals surface area contributed by atoms with Gasteiger partial charge in [-0.2, -0.15) is 5.10 Å². The molecule has 2 unspecified atom stereocenters. The van der Waals surface area contributed by atoms with E-state index in [1.54, 1.807) is 0 Å². The van der Waals surface area contributed by atoms with Gasteiger partial charge in [-0.1, -0.05) is 49.2 Å². The van der Waals surface area contributed by atoms with Crippen LogP contribution in [0.3, 0.4) is 0 Å². The Morgan fingerprint density at radius 1 is 1.08 bits per heavy atom. The van der Waals surface area contributed by atoms with Crippen LogP contribution in [0.15, 0.2) is 47.6 Å². The molecule has 0 saturated carbocycles. The van der Waals surface area contributed by atoms with Crippen LogP contribution in [0.2, 0.25) is 10.0 Å². The molecule has 0 spiro atoms. The maximum atomic E-state index is 6.21. The molecule has 5 heteroatoms. The third-order valence-electron chi connectivity index (χ3n) is 4.53. The first-order chi connectivity index (χ1) is 11.5. The standard InChI is InChI=1S/C19H18Cl2N2O/c1-11(2)19-23-17(15-9-14(21)7-8-18(15)24-19)10-16(22-23)12-3-5-13(20)6-4-12/h3-9,11,17,19H,10H2,1-2H3. The van der Waals surface area contributed by atoms with Gasteiger partial charge in [0.2, 0.25) is 0 Å². The molecule has 0 radical (unpaired) electrons. The summed E-state index contributed by atoms with van der Waals surface area (Å²) in [6.07, 6.45) is 0.759. The summed E-state index contributed by atoms with van der Waals surface area (Å²) in [6.45, 7) is 4.30. The number of fused-ring (bicyclic) bond motifs is 3. The summed E-state index contributed by atoms with van der Waals surface area (Å²) in [5.74, 6) is 1.23. The normalized spacial score (nSPS) is 22.0. The lowest BCUT2D eigenvalue weighted by molar-refractivity contribution is -0.0461. The molecule has 2 heterocycles. The lowest BCUT2D eigenvalue weighted by Gasteiger charge is -2.40. The van der Waals surface area contributed by atoms with E-state index in [2.05, 4.69) is 18.9 Å². The van der Waals surface area contributed by atoms with Crippen molar-refractivity contribution in [3.8, 4) is 5.75 Å². The highest BCUT2D eigenvalue weighted by atomic mass is 35.5. The van der Waals surface area contributed by atoms with Gasteiger partial charge in [-0.05, 0) is 35.9 Å². The number of ether oxygens (including phenoxy) is 1. The predicted molar refractivity (Wildman–Crippen MR) is 97.9 cm³/mol. The van der Waals surface area contributed by atoms with Crippen molar-refractivity contribution in [1.29, 1.82) is 0 Å². The highest BCUT2D eigenvalue weighted by molar-refractivity contribution is 6.31. The lowest BCUT2D eigenvalue weighted by atomic mass is 9.95. The summed E-state index contributed by atoms with van der Waals surface area (Å²) in [5.41, 5.74) is 3.26. The van der Waals surface area contributed by atoms with Crippen LogP contribution in [-0.4, -0.2) is 16.9 Å². The molecular formula is C19H18Cl2N2O. The zero-order chi connectivity index (χ0) is 16.8. The molecule has 2 aliphatic rings. The van der Waals surface area contributed by atoms with Crippen LogP contribution < -0.4 is 4.74 Å². The quantitative estimate of drug-likeness (QED) is 0.704. The second-order valence-electron chi connectivity index (χ2n) is 6.59. The third-order valence-corrected chi connectivity index (χ3v) is 5.02. The van der Waals surface area contributed by atoms with Gasteiger partial charge >= 0.3 is 0 Å². The van der Waals surface area contributed by atoms with Crippen LogP contribution in [0.5, 0.6) is 5.75 Å². The highest BCUT2D eigenvalue weighted by Gasteiger charge is 2.41. The van der Waals surface area contributed by atoms with Crippen LogP contribution in [0.4, 0.5) is 0 Å². The Kier molecular flexibility index (Phi) is 3.93. The molecule has 0 fully saturated rings. The smallest absolute Gasteiger partial charge is 0.190 e. The molecule has 124 valence electrons. The van der Waals surface area contributed by atoms with E-state index >= 15 is 0 Å². The number of hydrazone groups is 1. The summed E-state index contributed by atoms with van der Waals surface area (Å²) in [5, 5.41) is 8.43. The van der Waals surface area contributed by atoms with Gasteiger partial charge in [0.15, 0.2) is 6.23 Å². The first-order valence-corrected chi connectivity index (χ1v) is 8.86. The SMILES string of the molecule is CC(C)C1Oc2ccc(Cl)cc2C2CC(c3ccc(Cl)cc3)=NN21. The first kappa shape index (κ1) is 15.8. The van der Waals surface area contributed by atoms with Crippen molar-refractivity contribution in [2.45, 2.75) is 32.5 Å². The van der Waals surface area contributed by atoms with Gasteiger partial charge in [0, 0.05) is 27.9 Å². The number of hydrogen-bond acceptors (Lipinski definition) is 3. The van der Waals surface area contributed by atoms with Crippen LogP contribution >= 0.6 is 23.2 Å². The second-order valence-corrected chi connectivity index (χ2v) is 7.46. The molecule has 0 aromatic heterocycles. The minimum atomic E-state index is -0.0755. The summed E-state index contributed by atoms with van der Waals surface area (Å²) in [4.78, 5) is 0. The van der Waals surface area contributed by atoms with Crippen molar-refractivity contribution in [2.24, 2.45) is 11.0 Å². The Hall–Kier alpha value is -1.71. The molecule has 0 amide bonds. The zero-order valence-electron chi connectivity index (χ0n) is 13.5. The number of nitrogens with zero attached hydrogens (tertiary/aromatic N) is 2. The van der Waals surface area contributed by atoms with Gasteiger partial charge < -0.3 is 4.74 Å². The maximum absolute atomic E-state index is 6.21. The van der Waals surface area contributed by atoms with Crippen molar-refractivity contribution in [2.75, 3.05) is 0 Å². The van der Waals surface area contributed by atoms with Crippen molar-refractivity contribution in [3.05, 3.63) is 63.6 Å². The van der Waals surface area contributed by atoms with Gasteiger partial charge in [0.05, 0.1) is 11.8 Å². The van der Waals surface area contributed by atoms with Gasteiger partial charge in [0.1, 0.15) is 5.75 Å². The summed E-state index contributed by atoms with van der Waals surface area (Å²) in [7, 11) is 0. The average molecular weight is 361 g/mol. The Bertz CT molecular complexity index is 802. The molecule has 2 aliphatic heterocycles. The van der Waals surface area contributed by atoms with E-state index in [-0.39, 0.29) is 12.3 Å². The molecule has 3 nitrogen and oxygen atoms in total. The van der Waals surface area contributed by atoms with Crippen LogP contribution in [0.1, 0.15) is 37.4 Å². The van der Waals surface area contributed by atoms with E-state index in [9.17, 15) is 0 Å². The summed E-state index contributed by atoms with van der Waals surface area (Å²) >= 11 is 12.2. The lowest BCUT2D eigenvalue weighted by Crippen LogP contribution is -2.43. The molecular weight excluding hydrogens is 343 g/mol. The average Bonchev–Trinajstić information content (AvgIpc) is 3.00. The Labute approximate surface area is 151 Å². The van der Waals surface area contributed by atoms with Crippen molar-refractivity contribution in [1.82, 2.24) is 5.01 Å². The van der Waals surface area contributed by atoms with E-state index < -0.39 is 0 Å². The number of halogens is 2. The molecule has 0 aliphatic carbocycles. The molecule has 2 aromatic carbocycles. The number of hydrogen-bond donors (Lipinski definition) is 0. The minimum absolute atomic E-state index is 0.0755. The van der Waals surface area contributed by atoms with Crippen molar-refractivity contribution >= 4 is 28.9 Å². The van der Waals surface area contributed by atoms with E-state index in [1.807, 2.05) is 42.5 Å². The fourth-order valence-corrected chi connectivity index (χ4v) is 3.65. The molecule has 0 N–H and O–H groups in total. The Morgan fingerprint density at radius 2 is 1.79 bits per heavy atom. The molecule has 0 bridgehead atoms. The second kappa shape index (κ2) is 5.98. The highest BCUT2D eigenvalue weighted by Crippen LogP contribution is 2.45. The van der Waals surface area contributed by atoms with Crippen LogP contribution in [0.25, 0.3) is 0 Å². The molecule has 0 saturated heterocycles. The largest absolute Gasteiger partial charge is 0.468 e. The fourth-order valence-electron chi connectivity index (χ4n) is 3.34. The van der Waals surface area contributed by atoms with Gasteiger partial charge in [-0.15, -0.1) is 0 Å². The molecule has 2 aromatic rings. The van der Waals surface area contributed by atoms with Crippen molar-refractivity contribution in [3.63, 3.8) is 0 Å². The summed E-state index contributed by atoms with van der Waals surface area (Å²) < 4.78 is 6.20. The fraction of sp³-hybridized carbons (Fsp3) is 0.316. The van der Waals surface area contributed by atoms with Gasteiger partial charge in [-0.3, -0.25) is 0 Å². The first-order valence-electron chi connectivity index (χ1n) is 8.11. The Balaban J connectivity index is 1.75. The van der Waals surface area contributed by atoms with Crippen molar-refractivity contribution < 1.29 is 4.74 Å². The molecule has 24 heavy (non-hydrogen) atoms. The zero-order valence-corrected chi connectivity index (χ0v) is 15.1. The van der Waals surface area contributed by atoms with E-state index in [0.29, 0.717) is 5.92 Å². The van der Waals surface area contributed by atoms with E-state index in [4.69, 9.17) is 33.0 Å². The minimum Gasteiger partial charge on any atom is -0.468 e. The van der Waals surface area contributed by atoms with Crippen LogP contribution in [0, 0.1) is 5.92 Å². The van der Waals surface area contributed by atoms with Gasteiger partial charge in [0.25, 0.3) is 0 Å². The van der Waals surface area contributed by atoms with E-state index in [0.717, 1.165) is 39.1 Å².